The fourth-order valence-electron chi connectivity index (χ4n) is 3.34. The van der Waals surface area contributed by atoms with E-state index in [4.69, 9.17) is 32.7 Å². The van der Waals surface area contributed by atoms with Crippen LogP contribution in [0.5, 0.6) is 0 Å². The normalized spacial score (nSPS) is 10.1. The number of esters is 3. The van der Waals surface area contributed by atoms with Crippen LogP contribution in [0.1, 0.15) is 49.1 Å². The van der Waals surface area contributed by atoms with E-state index in [1.54, 1.807) is 30.3 Å². The zero-order valence-corrected chi connectivity index (χ0v) is 23.9. The molecule has 3 rings (SSSR count). The Bertz CT molecular complexity index is 1360. The molecule has 0 spiro atoms. The van der Waals surface area contributed by atoms with Gasteiger partial charge in [0, 0.05) is 13.0 Å². The van der Waals surface area contributed by atoms with Crippen LogP contribution in [-0.4, -0.2) is 51.8 Å². The number of anilines is 2. The highest BCUT2D eigenvalue weighted by Gasteiger charge is 2.16. The zero-order chi connectivity index (χ0) is 29.7. The molecule has 0 aliphatic rings. The number of benzene rings is 3. The lowest BCUT2D eigenvalue weighted by Crippen LogP contribution is -2.11. The van der Waals surface area contributed by atoms with E-state index >= 15 is 0 Å². The monoisotopic (exact) mass is 589 g/mol. The molecule has 0 saturated carbocycles. The molecule has 0 unspecified atom stereocenters. The van der Waals surface area contributed by atoms with Crippen molar-refractivity contribution in [3.63, 3.8) is 0 Å². The van der Waals surface area contributed by atoms with Gasteiger partial charge in [0.2, 0.25) is 0 Å². The number of carbonyl (C=O) groups excluding carboxylic acids is 4. The van der Waals surface area contributed by atoms with Gasteiger partial charge in [-0.3, -0.25) is 0 Å². The molecular formula is C29H29Cl2NO8. The average molecular weight is 590 g/mol. The second-order valence-electron chi connectivity index (χ2n) is 7.99. The Labute approximate surface area is 242 Å². The van der Waals surface area contributed by atoms with Gasteiger partial charge in [-0.1, -0.05) is 41.4 Å². The number of para-hydroxylation sites is 1. The van der Waals surface area contributed by atoms with E-state index in [9.17, 15) is 19.2 Å². The second kappa shape index (κ2) is 16.2. The minimum Gasteiger partial charge on any atom is -0.465 e. The number of methoxy groups -OCH3 is 2. The van der Waals surface area contributed by atoms with Crippen molar-refractivity contribution in [1.29, 1.82) is 0 Å². The van der Waals surface area contributed by atoms with Crippen molar-refractivity contribution >= 4 is 58.8 Å². The maximum absolute atomic E-state index is 12.2. The van der Waals surface area contributed by atoms with Gasteiger partial charge in [-0.25, -0.2) is 14.4 Å². The number of hydrogen-bond acceptors (Lipinski definition) is 9. The molecule has 0 radical (unpaired) electrons. The Kier molecular flexibility index (Phi) is 13.1. The van der Waals surface area contributed by atoms with Crippen LogP contribution >= 0.6 is 23.2 Å². The third kappa shape index (κ3) is 8.81. The topological polar surface area (TPSA) is 117 Å². The number of hydrogen-bond donors (Lipinski definition) is 1. The fraction of sp³-hybridized carbons (Fsp3) is 0.241. The van der Waals surface area contributed by atoms with Crippen molar-refractivity contribution in [2.45, 2.75) is 20.3 Å². The fourth-order valence-corrected chi connectivity index (χ4v) is 3.80. The van der Waals surface area contributed by atoms with Crippen LogP contribution in [0.15, 0.2) is 54.6 Å². The van der Waals surface area contributed by atoms with Gasteiger partial charge in [-0.05, 0) is 61.4 Å². The molecule has 0 atom stereocenters. The SMILES string of the molecule is CCOCOC(=O)c1ccccc1Nc1c(Cl)ccc(C)c1Cl.COC(=O)c1ccc(C(=O)OC)c(CC=O)c1. The molecule has 3 aromatic rings. The molecule has 0 aliphatic heterocycles. The Balaban J connectivity index is 0.000000294. The number of carbonyl (C=O) groups is 4. The van der Waals surface area contributed by atoms with Gasteiger partial charge in [0.25, 0.3) is 0 Å². The molecule has 0 amide bonds. The summed E-state index contributed by atoms with van der Waals surface area (Å²) in [6.07, 6.45) is 0.693. The van der Waals surface area contributed by atoms with Crippen molar-refractivity contribution in [1.82, 2.24) is 0 Å². The Morgan fingerprint density at radius 2 is 1.60 bits per heavy atom. The lowest BCUT2D eigenvalue weighted by Gasteiger charge is -2.15. The van der Waals surface area contributed by atoms with E-state index in [0.29, 0.717) is 45.4 Å². The Hall–Kier alpha value is -3.92. The van der Waals surface area contributed by atoms with Gasteiger partial charge < -0.3 is 29.1 Å². The summed E-state index contributed by atoms with van der Waals surface area (Å²) in [4.78, 5) is 45.4. The highest BCUT2D eigenvalue weighted by atomic mass is 35.5. The van der Waals surface area contributed by atoms with E-state index in [-0.39, 0.29) is 24.3 Å². The van der Waals surface area contributed by atoms with Crippen LogP contribution in [0, 0.1) is 6.92 Å². The van der Waals surface area contributed by atoms with Crippen LogP contribution < -0.4 is 5.32 Å². The summed E-state index contributed by atoms with van der Waals surface area (Å²) in [5, 5.41) is 4.10. The van der Waals surface area contributed by atoms with Gasteiger partial charge >= 0.3 is 17.9 Å². The van der Waals surface area contributed by atoms with Crippen LogP contribution in [0.25, 0.3) is 0 Å². The van der Waals surface area contributed by atoms with E-state index in [1.165, 1.54) is 32.4 Å². The summed E-state index contributed by atoms with van der Waals surface area (Å²) in [5.74, 6) is -1.55. The summed E-state index contributed by atoms with van der Waals surface area (Å²) >= 11 is 12.5. The molecule has 0 heterocycles. The molecule has 0 saturated heterocycles. The van der Waals surface area contributed by atoms with E-state index in [1.807, 2.05) is 19.9 Å². The molecule has 212 valence electrons. The summed E-state index contributed by atoms with van der Waals surface area (Å²) in [6.45, 7) is 4.09. The maximum atomic E-state index is 12.2. The first-order chi connectivity index (χ1) is 19.2. The summed E-state index contributed by atoms with van der Waals surface area (Å²) in [6, 6.07) is 14.9. The average Bonchev–Trinajstić information content (AvgIpc) is 2.97. The summed E-state index contributed by atoms with van der Waals surface area (Å²) in [7, 11) is 2.51. The first-order valence-electron chi connectivity index (χ1n) is 12.0. The van der Waals surface area contributed by atoms with Crippen molar-refractivity contribution < 1.29 is 38.1 Å². The van der Waals surface area contributed by atoms with Crippen LogP contribution in [-0.2, 0) is 30.2 Å². The van der Waals surface area contributed by atoms with Gasteiger partial charge in [0.05, 0.1) is 52.3 Å². The van der Waals surface area contributed by atoms with Gasteiger partial charge in [0.1, 0.15) is 6.29 Å². The number of ether oxygens (including phenoxy) is 4. The minimum atomic E-state index is -0.543. The highest BCUT2D eigenvalue weighted by molar-refractivity contribution is 6.39. The third-order valence-corrected chi connectivity index (χ3v) is 6.21. The number of rotatable bonds is 10. The van der Waals surface area contributed by atoms with E-state index in [2.05, 4.69) is 14.8 Å². The molecule has 0 fully saturated rings. The van der Waals surface area contributed by atoms with Crippen LogP contribution in [0.4, 0.5) is 11.4 Å². The number of halogens is 2. The number of nitrogens with one attached hydrogen (secondary N) is 1. The molecule has 9 nitrogen and oxygen atoms in total. The van der Waals surface area contributed by atoms with Crippen molar-refractivity contribution in [3.8, 4) is 0 Å². The summed E-state index contributed by atoms with van der Waals surface area (Å²) < 4.78 is 19.2. The molecule has 0 bridgehead atoms. The second-order valence-corrected chi connectivity index (χ2v) is 8.78. The number of aryl methyl sites for hydroxylation is 1. The Morgan fingerprint density at radius 1 is 0.900 bits per heavy atom. The van der Waals surface area contributed by atoms with E-state index < -0.39 is 17.9 Å². The highest BCUT2D eigenvalue weighted by Crippen LogP contribution is 2.36. The van der Waals surface area contributed by atoms with Crippen LogP contribution in [0.2, 0.25) is 10.0 Å². The Morgan fingerprint density at radius 3 is 2.25 bits per heavy atom. The molecule has 11 heteroatoms. The number of aldehydes is 1. The van der Waals surface area contributed by atoms with Gasteiger partial charge in [-0.15, -0.1) is 0 Å². The molecule has 0 aromatic heterocycles. The maximum Gasteiger partial charge on any atom is 0.342 e. The summed E-state index contributed by atoms with van der Waals surface area (Å²) in [5.41, 5.74) is 3.37. The molecule has 3 aromatic carbocycles. The molecular weight excluding hydrogens is 561 g/mol. The van der Waals surface area contributed by atoms with Crippen molar-refractivity contribution in [2.24, 2.45) is 0 Å². The van der Waals surface area contributed by atoms with Gasteiger partial charge in [-0.2, -0.15) is 0 Å². The lowest BCUT2D eigenvalue weighted by atomic mass is 10.0. The molecule has 40 heavy (non-hydrogen) atoms. The predicted molar refractivity (Wildman–Crippen MR) is 152 cm³/mol. The van der Waals surface area contributed by atoms with Crippen LogP contribution in [0.3, 0.4) is 0 Å². The first kappa shape index (κ1) is 32.3. The zero-order valence-electron chi connectivity index (χ0n) is 22.4. The van der Waals surface area contributed by atoms with Crippen molar-refractivity contribution in [3.05, 3.63) is 92.5 Å². The predicted octanol–water partition coefficient (Wildman–Crippen LogP) is 6.20. The molecule has 1 N–H and O–H groups in total. The smallest absolute Gasteiger partial charge is 0.342 e. The van der Waals surface area contributed by atoms with E-state index in [0.717, 1.165) is 5.56 Å². The van der Waals surface area contributed by atoms with Crippen molar-refractivity contribution in [2.75, 3.05) is 32.9 Å². The quantitative estimate of drug-likeness (QED) is 0.0969. The lowest BCUT2D eigenvalue weighted by molar-refractivity contribution is -0.107. The molecule has 0 aliphatic carbocycles. The largest absolute Gasteiger partial charge is 0.465 e. The minimum absolute atomic E-state index is 0.0370. The third-order valence-electron chi connectivity index (χ3n) is 5.40. The van der Waals surface area contributed by atoms with Gasteiger partial charge in [0.15, 0.2) is 6.79 Å². The standard InChI is InChI=1S/C17H17Cl2NO3.C12H12O5/c1-3-22-10-23-17(21)12-6-4-5-7-14(12)20-16-13(18)9-8-11(2)15(16)19;1-16-11(14)9-3-4-10(12(15)17-2)8(7-9)5-6-13/h4-9,20H,3,10H2,1-2H3;3-4,6-7H,5H2,1-2H3. The first-order valence-corrected chi connectivity index (χ1v) is 12.7.